The molecule has 0 saturated carbocycles. The summed E-state index contributed by atoms with van der Waals surface area (Å²) < 4.78 is 31.1. The van der Waals surface area contributed by atoms with Crippen molar-refractivity contribution in [2.75, 3.05) is 6.61 Å². The largest absolute Gasteiger partial charge is 0.452 e. The summed E-state index contributed by atoms with van der Waals surface area (Å²) in [5.74, 6) is -3.09. The van der Waals surface area contributed by atoms with E-state index in [4.69, 9.17) is 4.74 Å². The molecule has 2 aromatic rings. The Bertz CT molecular complexity index is 820. The van der Waals surface area contributed by atoms with Gasteiger partial charge in [-0.05, 0) is 25.1 Å². The van der Waals surface area contributed by atoms with E-state index in [1.54, 1.807) is 6.07 Å². The first kappa shape index (κ1) is 18.3. The standard InChI is InChI=1S/C18H15F2NO4/c1-11(22)12-3-2-4-13(7-12)18(24)25-10-17(23)21-9-14-5-6-15(19)8-16(14)20/h2-8H,9-10H2,1H3,(H,21,23). The molecular weight excluding hydrogens is 332 g/mol. The fourth-order valence-corrected chi connectivity index (χ4v) is 1.99. The van der Waals surface area contributed by atoms with Gasteiger partial charge in [-0.2, -0.15) is 0 Å². The molecule has 0 fully saturated rings. The van der Waals surface area contributed by atoms with Crippen LogP contribution in [0.3, 0.4) is 0 Å². The molecule has 0 spiro atoms. The Morgan fingerprint density at radius 3 is 2.44 bits per heavy atom. The third-order valence-corrected chi connectivity index (χ3v) is 3.33. The van der Waals surface area contributed by atoms with Gasteiger partial charge in [-0.1, -0.05) is 18.2 Å². The molecular formula is C18H15F2NO4. The lowest BCUT2D eigenvalue weighted by atomic mass is 10.1. The number of Topliss-reactive ketones (excluding diaryl/α,β-unsaturated/α-hetero) is 1. The van der Waals surface area contributed by atoms with Gasteiger partial charge in [-0.15, -0.1) is 0 Å². The zero-order chi connectivity index (χ0) is 18.4. The number of halogens is 2. The highest BCUT2D eigenvalue weighted by Crippen LogP contribution is 2.09. The maximum atomic E-state index is 13.4. The van der Waals surface area contributed by atoms with Crippen LogP contribution in [0.25, 0.3) is 0 Å². The Hall–Kier alpha value is -3.09. The number of hydrogen-bond acceptors (Lipinski definition) is 4. The van der Waals surface area contributed by atoms with Crippen molar-refractivity contribution in [3.63, 3.8) is 0 Å². The van der Waals surface area contributed by atoms with Crippen LogP contribution in [0, 0.1) is 11.6 Å². The first-order valence-electron chi connectivity index (χ1n) is 7.35. The van der Waals surface area contributed by atoms with Gasteiger partial charge in [0.05, 0.1) is 5.56 Å². The molecule has 0 aliphatic rings. The summed E-state index contributed by atoms with van der Waals surface area (Å²) in [5.41, 5.74) is 0.603. The minimum Gasteiger partial charge on any atom is -0.452 e. The predicted molar refractivity (Wildman–Crippen MR) is 84.9 cm³/mol. The second-order valence-corrected chi connectivity index (χ2v) is 5.23. The molecule has 0 bridgehead atoms. The molecule has 1 N–H and O–H groups in total. The summed E-state index contributed by atoms with van der Waals surface area (Å²) >= 11 is 0. The highest BCUT2D eigenvalue weighted by Gasteiger charge is 2.12. The number of ether oxygens (including phenoxy) is 1. The second kappa shape index (κ2) is 8.14. The highest BCUT2D eigenvalue weighted by atomic mass is 19.1. The summed E-state index contributed by atoms with van der Waals surface area (Å²) in [5, 5.41) is 2.36. The third-order valence-electron chi connectivity index (χ3n) is 3.33. The van der Waals surface area contributed by atoms with Gasteiger partial charge in [-0.3, -0.25) is 9.59 Å². The van der Waals surface area contributed by atoms with Crippen LogP contribution in [0.2, 0.25) is 0 Å². The number of benzene rings is 2. The van der Waals surface area contributed by atoms with Gasteiger partial charge >= 0.3 is 5.97 Å². The van der Waals surface area contributed by atoms with Crippen molar-refractivity contribution in [3.05, 3.63) is 70.8 Å². The average Bonchev–Trinajstić information content (AvgIpc) is 2.59. The quantitative estimate of drug-likeness (QED) is 0.644. The lowest BCUT2D eigenvalue weighted by molar-refractivity contribution is -0.124. The summed E-state index contributed by atoms with van der Waals surface area (Å²) in [7, 11) is 0. The van der Waals surface area contributed by atoms with E-state index < -0.39 is 30.1 Å². The Balaban J connectivity index is 1.86. The third kappa shape index (κ3) is 5.20. The molecule has 130 valence electrons. The van der Waals surface area contributed by atoms with Crippen LogP contribution in [-0.4, -0.2) is 24.3 Å². The van der Waals surface area contributed by atoms with Crippen LogP contribution in [0.15, 0.2) is 42.5 Å². The van der Waals surface area contributed by atoms with Crippen LogP contribution in [0.4, 0.5) is 8.78 Å². The van der Waals surface area contributed by atoms with Crippen molar-refractivity contribution >= 4 is 17.7 Å². The number of carbonyl (C=O) groups excluding carboxylic acids is 3. The fraction of sp³-hybridized carbons (Fsp3) is 0.167. The molecule has 0 aliphatic heterocycles. The van der Waals surface area contributed by atoms with Crippen LogP contribution in [-0.2, 0) is 16.1 Å². The summed E-state index contributed by atoms with van der Waals surface area (Å²) in [6.07, 6.45) is 0. The lowest BCUT2D eigenvalue weighted by Crippen LogP contribution is -2.28. The molecule has 0 unspecified atom stereocenters. The number of rotatable bonds is 6. The van der Waals surface area contributed by atoms with E-state index in [-0.39, 0.29) is 23.5 Å². The van der Waals surface area contributed by atoms with Crippen molar-refractivity contribution in [1.82, 2.24) is 5.32 Å². The second-order valence-electron chi connectivity index (χ2n) is 5.23. The van der Waals surface area contributed by atoms with Crippen LogP contribution >= 0.6 is 0 Å². The molecule has 0 aromatic heterocycles. The zero-order valence-electron chi connectivity index (χ0n) is 13.3. The molecule has 0 atom stereocenters. The Kier molecular flexibility index (Phi) is 5.94. The number of esters is 1. The zero-order valence-corrected chi connectivity index (χ0v) is 13.3. The normalized spacial score (nSPS) is 10.2. The van der Waals surface area contributed by atoms with Gasteiger partial charge < -0.3 is 10.1 Å². The minimum absolute atomic E-state index is 0.107. The molecule has 7 heteroatoms. The molecule has 0 aliphatic carbocycles. The summed E-state index contributed by atoms with van der Waals surface area (Å²) in [6, 6.07) is 8.92. The van der Waals surface area contributed by atoms with Crippen molar-refractivity contribution in [1.29, 1.82) is 0 Å². The van der Waals surface area contributed by atoms with Crippen LogP contribution in [0.1, 0.15) is 33.2 Å². The smallest absolute Gasteiger partial charge is 0.338 e. The molecule has 2 rings (SSSR count). The first-order chi connectivity index (χ1) is 11.9. The van der Waals surface area contributed by atoms with Crippen molar-refractivity contribution < 1.29 is 27.9 Å². The maximum Gasteiger partial charge on any atom is 0.338 e. The molecule has 1 amide bonds. The monoisotopic (exact) mass is 347 g/mol. The number of nitrogens with one attached hydrogen (secondary N) is 1. The van der Waals surface area contributed by atoms with Gasteiger partial charge in [0.1, 0.15) is 11.6 Å². The number of carbonyl (C=O) groups is 3. The van der Waals surface area contributed by atoms with Crippen molar-refractivity contribution in [3.8, 4) is 0 Å². The van der Waals surface area contributed by atoms with Crippen LogP contribution in [0.5, 0.6) is 0 Å². The molecule has 0 heterocycles. The van der Waals surface area contributed by atoms with E-state index in [2.05, 4.69) is 5.32 Å². The van der Waals surface area contributed by atoms with E-state index in [1.807, 2.05) is 0 Å². The van der Waals surface area contributed by atoms with Crippen molar-refractivity contribution in [2.45, 2.75) is 13.5 Å². The number of hydrogen-bond donors (Lipinski definition) is 1. The molecule has 25 heavy (non-hydrogen) atoms. The number of ketones is 1. The molecule has 0 radical (unpaired) electrons. The Morgan fingerprint density at radius 1 is 1.04 bits per heavy atom. The minimum atomic E-state index is -0.779. The maximum absolute atomic E-state index is 13.4. The molecule has 0 saturated heterocycles. The van der Waals surface area contributed by atoms with E-state index >= 15 is 0 Å². The Labute approximate surface area is 142 Å². The fourth-order valence-electron chi connectivity index (χ4n) is 1.99. The van der Waals surface area contributed by atoms with Gasteiger partial charge in [-0.25, -0.2) is 13.6 Å². The van der Waals surface area contributed by atoms with E-state index in [0.717, 1.165) is 6.07 Å². The first-order valence-corrected chi connectivity index (χ1v) is 7.35. The van der Waals surface area contributed by atoms with E-state index in [0.29, 0.717) is 11.6 Å². The van der Waals surface area contributed by atoms with Gasteiger partial charge in [0, 0.05) is 23.7 Å². The van der Waals surface area contributed by atoms with E-state index in [9.17, 15) is 23.2 Å². The Morgan fingerprint density at radius 2 is 1.76 bits per heavy atom. The summed E-state index contributed by atoms with van der Waals surface area (Å²) in [4.78, 5) is 34.8. The van der Waals surface area contributed by atoms with Gasteiger partial charge in [0.2, 0.25) is 0 Å². The molecule has 5 nitrogen and oxygen atoms in total. The number of amides is 1. The summed E-state index contributed by atoms with van der Waals surface area (Å²) in [6.45, 7) is 0.640. The van der Waals surface area contributed by atoms with Gasteiger partial charge in [0.15, 0.2) is 12.4 Å². The lowest BCUT2D eigenvalue weighted by Gasteiger charge is -2.08. The van der Waals surface area contributed by atoms with Crippen molar-refractivity contribution in [2.24, 2.45) is 0 Å². The van der Waals surface area contributed by atoms with E-state index in [1.165, 1.54) is 31.2 Å². The van der Waals surface area contributed by atoms with Crippen LogP contribution < -0.4 is 5.32 Å². The molecule has 2 aromatic carbocycles. The predicted octanol–water partition coefficient (Wildman–Crippen LogP) is 2.64. The van der Waals surface area contributed by atoms with Gasteiger partial charge in [0.25, 0.3) is 5.91 Å². The highest BCUT2D eigenvalue weighted by molar-refractivity contribution is 5.98. The SMILES string of the molecule is CC(=O)c1cccc(C(=O)OCC(=O)NCc2ccc(F)cc2F)c1. The topological polar surface area (TPSA) is 72.5 Å². The average molecular weight is 347 g/mol.